The van der Waals surface area contributed by atoms with Gasteiger partial charge in [0.2, 0.25) is 0 Å². The number of fused-ring (bicyclic) bond motifs is 1. The van der Waals surface area contributed by atoms with E-state index in [1.54, 1.807) is 0 Å². The Balaban J connectivity index is 0.00000144. The quantitative estimate of drug-likeness (QED) is 0.573. The van der Waals surface area contributed by atoms with Gasteiger partial charge in [-0.3, -0.25) is 5.57 Å². The van der Waals surface area contributed by atoms with Gasteiger partial charge in [-0.2, -0.15) is 0 Å². The number of carbonyl (C=O) groups excluding carboxylic acids is 1. The zero-order chi connectivity index (χ0) is 11.8. The SMILES string of the molecule is [CH-]=C1CCC[C@]2(C)[C@@H]([C@H](C)CC=O)CC[C@@H]12.[Y]. The molecule has 4 atom stereocenters. The van der Waals surface area contributed by atoms with Gasteiger partial charge in [-0.1, -0.05) is 26.7 Å². The molecule has 2 saturated carbocycles. The summed E-state index contributed by atoms with van der Waals surface area (Å²) in [6, 6.07) is 0. The molecule has 17 heavy (non-hydrogen) atoms. The topological polar surface area (TPSA) is 17.1 Å². The number of hydrogen-bond acceptors (Lipinski definition) is 1. The van der Waals surface area contributed by atoms with Crippen molar-refractivity contribution in [2.75, 3.05) is 0 Å². The zero-order valence-corrected chi connectivity index (χ0v) is 14.0. The van der Waals surface area contributed by atoms with Gasteiger partial charge in [-0.05, 0) is 42.4 Å². The number of carbonyl (C=O) groups is 1. The van der Waals surface area contributed by atoms with E-state index in [-0.39, 0.29) is 32.7 Å². The molecule has 2 fully saturated rings. The molecule has 2 heteroatoms. The average molecular weight is 308 g/mol. The molecule has 0 amide bonds. The fourth-order valence-corrected chi connectivity index (χ4v) is 4.33. The van der Waals surface area contributed by atoms with E-state index in [2.05, 4.69) is 13.8 Å². The van der Waals surface area contributed by atoms with Gasteiger partial charge in [-0.15, -0.1) is 0 Å². The predicted molar refractivity (Wildman–Crippen MR) is 65.8 cm³/mol. The third-order valence-electron chi connectivity index (χ3n) is 5.19. The number of allylic oxidation sites excluding steroid dienone is 1. The molecule has 0 N–H and O–H groups in total. The summed E-state index contributed by atoms with van der Waals surface area (Å²) in [6.45, 7) is 10.8. The number of rotatable bonds is 3. The molecule has 0 aliphatic heterocycles. The normalized spacial score (nSPS) is 38.1. The molecule has 0 aromatic carbocycles. The van der Waals surface area contributed by atoms with Crippen LogP contribution in [-0.4, -0.2) is 6.29 Å². The number of hydrogen-bond donors (Lipinski definition) is 0. The van der Waals surface area contributed by atoms with Crippen molar-refractivity contribution < 1.29 is 37.5 Å². The van der Waals surface area contributed by atoms with Crippen molar-refractivity contribution >= 4 is 6.29 Å². The summed E-state index contributed by atoms with van der Waals surface area (Å²) in [5.74, 6) is 1.85. The van der Waals surface area contributed by atoms with Gasteiger partial charge >= 0.3 is 0 Å². The maximum absolute atomic E-state index is 10.7. The second kappa shape index (κ2) is 6.11. The Morgan fingerprint density at radius 1 is 1.53 bits per heavy atom. The second-order valence-corrected chi connectivity index (χ2v) is 6.05. The molecule has 2 rings (SSSR count). The average Bonchev–Trinajstić information content (AvgIpc) is 2.57. The Kier molecular flexibility index (Phi) is 5.59. The van der Waals surface area contributed by atoms with Crippen molar-refractivity contribution in [1.29, 1.82) is 0 Å². The van der Waals surface area contributed by atoms with E-state index in [9.17, 15) is 4.79 Å². The third kappa shape index (κ3) is 2.76. The first-order chi connectivity index (χ1) is 7.59. The molecule has 0 bridgehead atoms. The fraction of sp³-hybridized carbons (Fsp3) is 0.800. The van der Waals surface area contributed by atoms with Crippen molar-refractivity contribution in [3.63, 3.8) is 0 Å². The Morgan fingerprint density at radius 3 is 2.88 bits per heavy atom. The first-order valence-corrected chi connectivity index (χ1v) is 6.64. The summed E-state index contributed by atoms with van der Waals surface area (Å²) in [7, 11) is 0. The van der Waals surface area contributed by atoms with Crippen LogP contribution >= 0.6 is 0 Å². The van der Waals surface area contributed by atoms with Gasteiger partial charge in [0, 0.05) is 39.1 Å². The Hall–Kier alpha value is 0.514. The van der Waals surface area contributed by atoms with Crippen LogP contribution in [0.1, 0.15) is 52.4 Å². The van der Waals surface area contributed by atoms with Crippen LogP contribution < -0.4 is 0 Å². The first kappa shape index (κ1) is 15.6. The molecule has 0 spiro atoms. The standard InChI is InChI=1S/C15H23O.Y/c1-11-5-4-9-15(3)13(11)6-7-14(15)12(2)8-10-16;/h1,10,12-14H,4-9H2,2-3H3;/q-1;/t12-,13+,14-,15+;/m1./s1. The smallest absolute Gasteiger partial charge is 0.120 e. The third-order valence-corrected chi connectivity index (χ3v) is 5.19. The van der Waals surface area contributed by atoms with E-state index in [0.717, 1.165) is 12.7 Å². The monoisotopic (exact) mass is 308 g/mol. The van der Waals surface area contributed by atoms with Crippen molar-refractivity contribution in [3.05, 3.63) is 12.2 Å². The minimum absolute atomic E-state index is 0. The van der Waals surface area contributed by atoms with Gasteiger partial charge in [0.25, 0.3) is 0 Å². The minimum Gasteiger partial charge on any atom is -0.514 e. The molecule has 0 heterocycles. The summed E-state index contributed by atoms with van der Waals surface area (Å²) in [4.78, 5) is 10.7. The van der Waals surface area contributed by atoms with E-state index < -0.39 is 0 Å². The fourth-order valence-electron chi connectivity index (χ4n) is 4.33. The Morgan fingerprint density at radius 2 is 2.24 bits per heavy atom. The maximum Gasteiger partial charge on any atom is 0.120 e. The van der Waals surface area contributed by atoms with Gasteiger partial charge in [0.05, 0.1) is 0 Å². The predicted octanol–water partition coefficient (Wildman–Crippen LogP) is 3.78. The minimum atomic E-state index is 0. The summed E-state index contributed by atoms with van der Waals surface area (Å²) < 4.78 is 0. The van der Waals surface area contributed by atoms with Crippen LogP contribution in [0.3, 0.4) is 0 Å². The van der Waals surface area contributed by atoms with Crippen LogP contribution in [0.5, 0.6) is 0 Å². The molecule has 0 saturated heterocycles. The molecule has 0 aromatic rings. The second-order valence-electron chi connectivity index (χ2n) is 6.05. The molecule has 0 unspecified atom stereocenters. The summed E-state index contributed by atoms with van der Waals surface area (Å²) >= 11 is 0. The molecular weight excluding hydrogens is 285 g/mol. The Bertz CT molecular complexity index is 299. The van der Waals surface area contributed by atoms with E-state index in [4.69, 9.17) is 6.58 Å². The molecule has 2 aliphatic carbocycles. The summed E-state index contributed by atoms with van der Waals surface area (Å²) in [5, 5.41) is 0. The molecule has 0 aromatic heterocycles. The van der Waals surface area contributed by atoms with Gasteiger partial charge < -0.3 is 11.4 Å². The zero-order valence-electron chi connectivity index (χ0n) is 11.1. The van der Waals surface area contributed by atoms with Crippen molar-refractivity contribution in [3.8, 4) is 0 Å². The van der Waals surface area contributed by atoms with Crippen LogP contribution in [0.25, 0.3) is 0 Å². The first-order valence-electron chi connectivity index (χ1n) is 6.64. The van der Waals surface area contributed by atoms with Gasteiger partial charge in [0.1, 0.15) is 6.29 Å². The molecule has 2 aliphatic rings. The van der Waals surface area contributed by atoms with Crippen LogP contribution in [0.15, 0.2) is 5.57 Å². The van der Waals surface area contributed by atoms with Crippen LogP contribution in [0.4, 0.5) is 0 Å². The van der Waals surface area contributed by atoms with Gasteiger partial charge in [-0.25, -0.2) is 0 Å². The summed E-state index contributed by atoms with van der Waals surface area (Å²) in [6.07, 6.45) is 7.96. The number of aldehydes is 1. The van der Waals surface area contributed by atoms with Crippen LogP contribution in [0.2, 0.25) is 0 Å². The van der Waals surface area contributed by atoms with E-state index in [0.29, 0.717) is 29.6 Å². The van der Waals surface area contributed by atoms with Crippen LogP contribution in [0, 0.1) is 29.7 Å². The molecular formula is C15H23OY-. The molecule has 1 radical (unpaired) electrons. The van der Waals surface area contributed by atoms with Crippen molar-refractivity contribution in [2.24, 2.45) is 23.2 Å². The maximum atomic E-state index is 10.7. The van der Waals surface area contributed by atoms with Crippen LogP contribution in [-0.2, 0) is 37.5 Å². The van der Waals surface area contributed by atoms with Gasteiger partial charge in [0.15, 0.2) is 0 Å². The summed E-state index contributed by atoms with van der Waals surface area (Å²) in [5.41, 5.74) is 1.61. The van der Waals surface area contributed by atoms with E-state index in [1.807, 2.05) is 0 Å². The van der Waals surface area contributed by atoms with E-state index >= 15 is 0 Å². The largest absolute Gasteiger partial charge is 0.514 e. The molecule has 1 nitrogen and oxygen atoms in total. The van der Waals surface area contributed by atoms with E-state index in [1.165, 1.54) is 31.3 Å². The van der Waals surface area contributed by atoms with Crippen molar-refractivity contribution in [2.45, 2.75) is 52.4 Å². The Labute approximate surface area is 131 Å². The molecule has 93 valence electrons. The van der Waals surface area contributed by atoms with Crippen molar-refractivity contribution in [1.82, 2.24) is 0 Å².